The molecule has 0 spiro atoms. The van der Waals surface area contributed by atoms with E-state index >= 15 is 0 Å². The fourth-order valence-corrected chi connectivity index (χ4v) is 4.59. The minimum absolute atomic E-state index is 0.303. The molecule has 9 heteroatoms. The third-order valence-corrected chi connectivity index (χ3v) is 6.83. The van der Waals surface area contributed by atoms with Crippen LogP contribution in [0.25, 0.3) is 0 Å². The number of rotatable bonds is 14. The van der Waals surface area contributed by atoms with Crippen molar-refractivity contribution in [3.63, 3.8) is 0 Å². The van der Waals surface area contributed by atoms with Gasteiger partial charge in [-0.2, -0.15) is 0 Å². The molecule has 0 amide bonds. The van der Waals surface area contributed by atoms with Crippen LogP contribution in [-0.2, 0) is 43.5 Å². The van der Waals surface area contributed by atoms with Crippen LogP contribution in [0.5, 0.6) is 17.2 Å². The molecule has 0 bridgehead atoms. The van der Waals surface area contributed by atoms with Gasteiger partial charge in [-0.3, -0.25) is 0 Å². The van der Waals surface area contributed by atoms with Gasteiger partial charge in [-0.25, -0.2) is 0 Å². The molecule has 1 aliphatic rings. The van der Waals surface area contributed by atoms with Gasteiger partial charge in [0, 0.05) is 0 Å². The average Bonchev–Trinajstić information content (AvgIpc) is 3.00. The number of hydrogen-bond acceptors (Lipinski definition) is 9. The van der Waals surface area contributed by atoms with Gasteiger partial charge in [0.25, 0.3) is 0 Å². The third kappa shape index (κ3) is 7.93. The Hall–Kier alpha value is -3.21. The maximum Gasteiger partial charge on any atom is 0.229 e. The van der Waals surface area contributed by atoms with E-state index in [9.17, 15) is 0 Å². The summed E-state index contributed by atoms with van der Waals surface area (Å²) < 4.78 is 47.1. The Balaban J connectivity index is 1.55. The predicted molar refractivity (Wildman–Crippen MR) is 154 cm³/mol. The standard InChI is InChI=1S/C31H36O8S/c1-21-28(35-17-22-5-11-25(32-2)12-6-22)29(36-18-23-7-13-26(33-3)14-8-23)30(31(39-21)38-20-40)37-19-24-9-15-27(34-4)16-10-24/h5-16,20-21,28-31H,17-19H2,1-4H3/t21-,28+,29+,30-,31-/m0/s1. The van der Waals surface area contributed by atoms with Crippen molar-refractivity contribution in [1.29, 1.82) is 0 Å². The van der Waals surface area contributed by atoms with Crippen LogP contribution in [0.3, 0.4) is 0 Å². The average molecular weight is 569 g/mol. The van der Waals surface area contributed by atoms with Gasteiger partial charge in [0.15, 0.2) is 0 Å². The Bertz CT molecular complexity index is 1170. The van der Waals surface area contributed by atoms with Gasteiger partial charge in [0.1, 0.15) is 41.1 Å². The van der Waals surface area contributed by atoms with Crippen LogP contribution in [-0.4, -0.2) is 57.6 Å². The monoisotopic (exact) mass is 568 g/mol. The molecule has 0 unspecified atom stereocenters. The quantitative estimate of drug-likeness (QED) is 0.235. The van der Waals surface area contributed by atoms with E-state index in [1.807, 2.05) is 79.7 Å². The summed E-state index contributed by atoms with van der Waals surface area (Å²) >= 11 is 5.01. The van der Waals surface area contributed by atoms with Crippen molar-refractivity contribution < 1.29 is 37.9 Å². The molecule has 1 aliphatic heterocycles. The number of ether oxygens (including phenoxy) is 8. The topological polar surface area (TPSA) is 73.8 Å². The highest BCUT2D eigenvalue weighted by Crippen LogP contribution is 2.31. The normalized spacial score (nSPS) is 22.4. The van der Waals surface area contributed by atoms with Crippen LogP contribution in [0, 0.1) is 0 Å². The molecule has 4 rings (SSSR count). The summed E-state index contributed by atoms with van der Waals surface area (Å²) in [5.41, 5.74) is 4.13. The highest BCUT2D eigenvalue weighted by atomic mass is 32.1. The van der Waals surface area contributed by atoms with E-state index in [0.29, 0.717) is 19.8 Å². The molecular formula is C31H36O8S. The molecular weight excluding hydrogens is 532 g/mol. The van der Waals surface area contributed by atoms with Crippen molar-refractivity contribution in [3.05, 3.63) is 89.5 Å². The SMILES string of the molecule is COc1ccc(CO[C@H]2[C@H](OCc3ccc(OC)cc3)[C@@H](OC=S)O[C@@H](C)[C@H]2OCc2ccc(OC)cc2)cc1. The van der Waals surface area contributed by atoms with Gasteiger partial charge in [-0.15, -0.1) is 0 Å². The minimum atomic E-state index is -0.771. The second-order valence-electron chi connectivity index (χ2n) is 9.31. The smallest absolute Gasteiger partial charge is 0.229 e. The highest BCUT2D eigenvalue weighted by molar-refractivity contribution is 7.78. The molecule has 1 saturated heterocycles. The first-order valence-electron chi connectivity index (χ1n) is 13.0. The van der Waals surface area contributed by atoms with Crippen LogP contribution in [0.4, 0.5) is 0 Å². The van der Waals surface area contributed by atoms with E-state index in [4.69, 9.17) is 50.1 Å². The Kier molecular flexibility index (Phi) is 11.1. The molecule has 0 aromatic heterocycles. The summed E-state index contributed by atoms with van der Waals surface area (Å²) in [6.45, 7) is 2.92. The molecule has 8 nitrogen and oxygen atoms in total. The Morgan fingerprint density at radius 3 is 1.35 bits per heavy atom. The summed E-state index contributed by atoms with van der Waals surface area (Å²) in [6, 6.07) is 23.2. The van der Waals surface area contributed by atoms with Crippen LogP contribution in [0.15, 0.2) is 72.8 Å². The number of benzene rings is 3. The lowest BCUT2D eigenvalue weighted by molar-refractivity contribution is -0.302. The molecule has 3 aromatic carbocycles. The van der Waals surface area contributed by atoms with Crippen molar-refractivity contribution in [1.82, 2.24) is 0 Å². The first-order valence-corrected chi connectivity index (χ1v) is 13.5. The van der Waals surface area contributed by atoms with Crippen LogP contribution in [0.2, 0.25) is 0 Å². The molecule has 0 aliphatic carbocycles. The molecule has 40 heavy (non-hydrogen) atoms. The second-order valence-corrected chi connectivity index (χ2v) is 9.51. The predicted octanol–water partition coefficient (Wildman–Crippen LogP) is 5.49. The zero-order valence-corrected chi connectivity index (χ0v) is 24.0. The van der Waals surface area contributed by atoms with Crippen LogP contribution >= 0.6 is 12.2 Å². The molecule has 0 saturated carbocycles. The van der Waals surface area contributed by atoms with Gasteiger partial charge in [0.2, 0.25) is 6.29 Å². The van der Waals surface area contributed by atoms with Gasteiger partial charge >= 0.3 is 0 Å². The number of methoxy groups -OCH3 is 3. The van der Waals surface area contributed by atoms with Crippen molar-refractivity contribution in [2.75, 3.05) is 21.3 Å². The van der Waals surface area contributed by atoms with Crippen molar-refractivity contribution in [3.8, 4) is 17.2 Å². The summed E-state index contributed by atoms with van der Waals surface area (Å²) in [5, 5.41) is 0. The minimum Gasteiger partial charge on any atom is -0.497 e. The zero-order chi connectivity index (χ0) is 28.3. The maximum absolute atomic E-state index is 6.53. The van der Waals surface area contributed by atoms with Crippen molar-refractivity contribution >= 4 is 17.8 Å². The largest absolute Gasteiger partial charge is 0.497 e. The second kappa shape index (κ2) is 15.0. The molecule has 214 valence electrons. The van der Waals surface area contributed by atoms with E-state index < -0.39 is 24.6 Å². The fraction of sp³-hybridized carbons (Fsp3) is 0.387. The van der Waals surface area contributed by atoms with E-state index in [0.717, 1.165) is 33.9 Å². The summed E-state index contributed by atoms with van der Waals surface area (Å²) in [6.07, 6.45) is -2.74. The number of hydrogen-bond donors (Lipinski definition) is 0. The molecule has 5 atom stereocenters. The number of thiocarbonyl (C=S) groups is 1. The third-order valence-electron chi connectivity index (χ3n) is 6.72. The Morgan fingerprint density at radius 1 is 0.600 bits per heavy atom. The van der Waals surface area contributed by atoms with Crippen molar-refractivity contribution in [2.24, 2.45) is 0 Å². The maximum atomic E-state index is 6.53. The lowest BCUT2D eigenvalue weighted by Gasteiger charge is -2.44. The molecule has 0 N–H and O–H groups in total. The van der Waals surface area contributed by atoms with E-state index in [1.54, 1.807) is 21.3 Å². The van der Waals surface area contributed by atoms with E-state index in [-0.39, 0.29) is 6.10 Å². The summed E-state index contributed by atoms with van der Waals surface area (Å²) in [5.74, 6) is 2.33. The van der Waals surface area contributed by atoms with E-state index in [2.05, 4.69) is 0 Å². The Morgan fingerprint density at radius 2 is 0.975 bits per heavy atom. The van der Waals surface area contributed by atoms with Crippen LogP contribution in [0.1, 0.15) is 23.6 Å². The first kappa shape index (κ1) is 29.8. The van der Waals surface area contributed by atoms with Gasteiger partial charge in [-0.05, 0) is 72.2 Å². The molecule has 1 fully saturated rings. The van der Waals surface area contributed by atoms with Crippen LogP contribution < -0.4 is 14.2 Å². The molecule has 3 aromatic rings. The zero-order valence-electron chi connectivity index (χ0n) is 23.2. The summed E-state index contributed by atoms with van der Waals surface area (Å²) in [7, 11) is 4.92. The molecule has 0 radical (unpaired) electrons. The van der Waals surface area contributed by atoms with Gasteiger partial charge in [0.05, 0.1) is 47.3 Å². The van der Waals surface area contributed by atoms with Gasteiger partial charge in [-0.1, -0.05) is 36.4 Å². The molecule has 1 heterocycles. The summed E-state index contributed by atoms with van der Waals surface area (Å²) in [4.78, 5) is 0. The first-order chi connectivity index (χ1) is 19.5. The Labute approximate surface area is 241 Å². The van der Waals surface area contributed by atoms with Crippen molar-refractivity contribution in [2.45, 2.75) is 57.5 Å². The fourth-order valence-electron chi connectivity index (χ4n) is 4.48. The van der Waals surface area contributed by atoms with E-state index in [1.165, 1.54) is 5.55 Å². The lowest BCUT2D eigenvalue weighted by Crippen LogP contribution is -2.59. The highest BCUT2D eigenvalue weighted by Gasteiger charge is 2.47. The lowest BCUT2D eigenvalue weighted by atomic mass is 9.98. The van der Waals surface area contributed by atoms with Gasteiger partial charge < -0.3 is 37.9 Å².